The fraction of sp³-hybridized carbons (Fsp3) is 0.0833. The molecule has 1 N–H and O–H groups in total. The minimum atomic E-state index is -0.472. The summed E-state index contributed by atoms with van der Waals surface area (Å²) in [7, 11) is 2.96. The Hall–Kier alpha value is -3.77. The van der Waals surface area contributed by atoms with Gasteiger partial charge in [0, 0.05) is 23.1 Å². The van der Waals surface area contributed by atoms with E-state index in [1.54, 1.807) is 54.6 Å². The summed E-state index contributed by atoms with van der Waals surface area (Å²) in [5.41, 5.74) is 1.76. The summed E-state index contributed by atoms with van der Waals surface area (Å²) >= 11 is 6.12. The first kappa shape index (κ1) is 20.5. The molecule has 0 unspecified atom stereocenters. The third-order valence-corrected chi connectivity index (χ3v) is 5.09. The van der Waals surface area contributed by atoms with Crippen LogP contribution in [0.2, 0.25) is 5.02 Å². The molecule has 0 saturated heterocycles. The average Bonchev–Trinajstić information content (AvgIpc) is 2.79. The van der Waals surface area contributed by atoms with Crippen molar-refractivity contribution in [3.05, 3.63) is 87.7 Å². The molecule has 3 aromatic carbocycles. The molecule has 0 aliphatic carbocycles. The van der Waals surface area contributed by atoms with Crippen molar-refractivity contribution in [1.29, 1.82) is 0 Å². The van der Waals surface area contributed by atoms with Crippen LogP contribution in [0.3, 0.4) is 0 Å². The first-order chi connectivity index (χ1) is 15.0. The largest absolute Gasteiger partial charge is 0.495 e. The van der Waals surface area contributed by atoms with Crippen LogP contribution in [-0.2, 0) is 0 Å². The summed E-state index contributed by atoms with van der Waals surface area (Å²) in [6.07, 6.45) is 0. The summed E-state index contributed by atoms with van der Waals surface area (Å²) < 4.78 is 15.9. The first-order valence-electron chi connectivity index (χ1n) is 9.36. The number of rotatable bonds is 5. The summed E-state index contributed by atoms with van der Waals surface area (Å²) in [6, 6.07) is 18.9. The van der Waals surface area contributed by atoms with Gasteiger partial charge in [0.25, 0.3) is 5.91 Å². The van der Waals surface area contributed by atoms with E-state index >= 15 is 0 Å². The monoisotopic (exact) mass is 435 g/mol. The Labute approximate surface area is 183 Å². The fourth-order valence-electron chi connectivity index (χ4n) is 3.24. The molecule has 0 spiro atoms. The average molecular weight is 436 g/mol. The number of fused-ring (bicyclic) bond motifs is 1. The molecule has 0 aliphatic heterocycles. The lowest BCUT2D eigenvalue weighted by Crippen LogP contribution is -2.13. The highest BCUT2D eigenvalue weighted by atomic mass is 35.5. The highest BCUT2D eigenvalue weighted by molar-refractivity contribution is 6.32. The van der Waals surface area contributed by atoms with Gasteiger partial charge in [0.15, 0.2) is 0 Å². The first-order valence-corrected chi connectivity index (χ1v) is 9.74. The number of nitrogens with one attached hydrogen (secondary N) is 1. The van der Waals surface area contributed by atoms with Crippen LogP contribution < -0.4 is 20.4 Å². The lowest BCUT2D eigenvalue weighted by atomic mass is 10.0. The van der Waals surface area contributed by atoms with Gasteiger partial charge in [-0.15, -0.1) is 0 Å². The Morgan fingerprint density at radius 1 is 0.935 bits per heavy atom. The highest BCUT2D eigenvalue weighted by Gasteiger charge is 2.15. The molecule has 7 heteroatoms. The maximum atomic E-state index is 12.9. The topological polar surface area (TPSA) is 77.8 Å². The molecule has 1 heterocycles. The maximum absolute atomic E-state index is 12.9. The minimum Gasteiger partial charge on any atom is -0.495 e. The number of anilines is 1. The Bertz CT molecular complexity index is 1350. The number of methoxy groups -OCH3 is 2. The molecule has 0 fully saturated rings. The van der Waals surface area contributed by atoms with Crippen LogP contribution >= 0.6 is 11.6 Å². The molecule has 1 amide bonds. The Balaban J connectivity index is 1.69. The second-order valence-corrected chi connectivity index (χ2v) is 7.11. The molecule has 0 atom stereocenters. The van der Waals surface area contributed by atoms with Crippen molar-refractivity contribution in [1.82, 2.24) is 0 Å². The van der Waals surface area contributed by atoms with Gasteiger partial charge in [-0.3, -0.25) is 4.79 Å². The number of ether oxygens (including phenoxy) is 2. The standard InChI is InChI=1S/C24H18ClNO5/c1-29-21-13-19(22(30-2)12-18(21)25)26-23(27)16-8-5-7-14(10-16)17-11-15-6-3-4-9-20(15)31-24(17)28/h3-13H,1-2H3,(H,26,27). The number of hydrogen-bond donors (Lipinski definition) is 1. The van der Waals surface area contributed by atoms with Crippen molar-refractivity contribution in [2.24, 2.45) is 0 Å². The SMILES string of the molecule is COc1cc(NC(=O)c2cccc(-c3cc4ccccc4oc3=O)c2)c(OC)cc1Cl. The van der Waals surface area contributed by atoms with Gasteiger partial charge in [-0.05, 0) is 29.8 Å². The highest BCUT2D eigenvalue weighted by Crippen LogP contribution is 2.36. The molecule has 4 rings (SSSR count). The van der Waals surface area contributed by atoms with Gasteiger partial charge in [0.1, 0.15) is 17.1 Å². The maximum Gasteiger partial charge on any atom is 0.344 e. The van der Waals surface area contributed by atoms with Crippen molar-refractivity contribution >= 4 is 34.2 Å². The van der Waals surface area contributed by atoms with E-state index in [1.165, 1.54) is 14.2 Å². The van der Waals surface area contributed by atoms with E-state index in [4.69, 9.17) is 25.5 Å². The number of carbonyl (C=O) groups excluding carboxylic acids is 1. The zero-order valence-corrected chi connectivity index (χ0v) is 17.5. The van der Waals surface area contributed by atoms with Crippen LogP contribution in [0.4, 0.5) is 5.69 Å². The predicted octanol–water partition coefficient (Wildman–Crippen LogP) is 5.38. The van der Waals surface area contributed by atoms with Gasteiger partial charge in [0.2, 0.25) is 0 Å². The second kappa shape index (κ2) is 8.53. The van der Waals surface area contributed by atoms with Crippen LogP contribution in [0.5, 0.6) is 11.5 Å². The molecule has 31 heavy (non-hydrogen) atoms. The quantitative estimate of drug-likeness (QED) is 0.425. The van der Waals surface area contributed by atoms with E-state index in [0.29, 0.717) is 44.5 Å². The molecule has 6 nitrogen and oxygen atoms in total. The zero-order chi connectivity index (χ0) is 22.0. The fourth-order valence-corrected chi connectivity index (χ4v) is 3.47. The van der Waals surface area contributed by atoms with E-state index in [9.17, 15) is 9.59 Å². The zero-order valence-electron chi connectivity index (χ0n) is 16.8. The lowest BCUT2D eigenvalue weighted by Gasteiger charge is -2.13. The molecule has 0 saturated carbocycles. The van der Waals surface area contributed by atoms with E-state index in [2.05, 4.69) is 5.32 Å². The number of halogens is 1. The third-order valence-electron chi connectivity index (χ3n) is 4.80. The van der Waals surface area contributed by atoms with Crippen molar-refractivity contribution < 1.29 is 18.7 Å². The molecular weight excluding hydrogens is 418 g/mol. The number of benzene rings is 3. The Morgan fingerprint density at radius 2 is 1.71 bits per heavy atom. The molecule has 0 aliphatic rings. The van der Waals surface area contributed by atoms with Gasteiger partial charge in [-0.25, -0.2) is 4.79 Å². The number of para-hydroxylation sites is 1. The number of hydrogen-bond acceptors (Lipinski definition) is 5. The summed E-state index contributed by atoms with van der Waals surface area (Å²) in [5.74, 6) is 0.417. The van der Waals surface area contributed by atoms with E-state index < -0.39 is 5.63 Å². The Morgan fingerprint density at radius 3 is 2.48 bits per heavy atom. The van der Waals surface area contributed by atoms with Crippen LogP contribution in [0.1, 0.15) is 10.4 Å². The second-order valence-electron chi connectivity index (χ2n) is 6.71. The van der Waals surface area contributed by atoms with E-state index in [1.807, 2.05) is 12.1 Å². The minimum absolute atomic E-state index is 0.362. The summed E-state index contributed by atoms with van der Waals surface area (Å²) in [6.45, 7) is 0. The lowest BCUT2D eigenvalue weighted by molar-refractivity contribution is 0.102. The van der Waals surface area contributed by atoms with E-state index in [0.717, 1.165) is 5.39 Å². The number of amides is 1. The molecule has 4 aromatic rings. The molecular formula is C24H18ClNO5. The predicted molar refractivity (Wildman–Crippen MR) is 120 cm³/mol. The molecule has 0 radical (unpaired) electrons. The van der Waals surface area contributed by atoms with Crippen molar-refractivity contribution in [3.8, 4) is 22.6 Å². The van der Waals surface area contributed by atoms with Crippen LogP contribution in [0, 0.1) is 0 Å². The van der Waals surface area contributed by atoms with Crippen molar-refractivity contribution in [2.75, 3.05) is 19.5 Å². The van der Waals surface area contributed by atoms with Gasteiger partial charge in [0.05, 0.1) is 30.5 Å². The summed E-state index contributed by atoms with van der Waals surface area (Å²) in [4.78, 5) is 25.4. The van der Waals surface area contributed by atoms with Crippen LogP contribution in [0.25, 0.3) is 22.1 Å². The normalized spacial score (nSPS) is 10.7. The van der Waals surface area contributed by atoms with Gasteiger partial charge in [-0.2, -0.15) is 0 Å². The van der Waals surface area contributed by atoms with Gasteiger partial charge in [-0.1, -0.05) is 41.9 Å². The Kier molecular flexibility index (Phi) is 5.64. The van der Waals surface area contributed by atoms with Crippen LogP contribution in [-0.4, -0.2) is 20.1 Å². The van der Waals surface area contributed by atoms with Crippen LogP contribution in [0.15, 0.2) is 75.9 Å². The summed E-state index contributed by atoms with van der Waals surface area (Å²) in [5, 5.41) is 3.96. The van der Waals surface area contributed by atoms with Gasteiger partial charge >= 0.3 is 5.63 Å². The molecule has 1 aromatic heterocycles. The third kappa shape index (κ3) is 4.11. The smallest absolute Gasteiger partial charge is 0.344 e. The molecule has 0 bridgehead atoms. The van der Waals surface area contributed by atoms with Gasteiger partial charge < -0.3 is 19.2 Å². The molecule has 156 valence electrons. The van der Waals surface area contributed by atoms with Crippen molar-refractivity contribution in [3.63, 3.8) is 0 Å². The number of carbonyl (C=O) groups is 1. The van der Waals surface area contributed by atoms with E-state index in [-0.39, 0.29) is 5.91 Å². The van der Waals surface area contributed by atoms with Crippen molar-refractivity contribution in [2.45, 2.75) is 0 Å².